The molecule has 2 unspecified atom stereocenters. The molecule has 2 rings (SSSR count). The minimum absolute atomic E-state index is 0. The van der Waals surface area contributed by atoms with Crippen molar-refractivity contribution < 1.29 is 13.7 Å². The molecule has 1 fully saturated rings. The number of ether oxygens (including phenoxy) is 2. The predicted octanol–water partition coefficient (Wildman–Crippen LogP) is 2.55. The maximum Gasteiger partial charge on any atom is 0.191 e. The summed E-state index contributed by atoms with van der Waals surface area (Å²) in [7, 11) is -0.878. The molecule has 0 aromatic heterocycles. The average molecular weight is 523 g/mol. The van der Waals surface area contributed by atoms with Gasteiger partial charge in [-0.25, -0.2) is 0 Å². The molecule has 2 N–H and O–H groups in total. The Morgan fingerprint density at radius 3 is 2.86 bits per heavy atom. The van der Waals surface area contributed by atoms with Gasteiger partial charge in [0.05, 0.1) is 13.2 Å². The van der Waals surface area contributed by atoms with Crippen LogP contribution in [0.3, 0.4) is 0 Å². The molecule has 1 aliphatic heterocycles. The third-order valence-corrected chi connectivity index (χ3v) is 5.55. The van der Waals surface area contributed by atoms with Crippen LogP contribution in [0.4, 0.5) is 0 Å². The summed E-state index contributed by atoms with van der Waals surface area (Å²) in [5, 5.41) is 6.49. The second kappa shape index (κ2) is 16.1. The summed E-state index contributed by atoms with van der Waals surface area (Å²) in [5.74, 6) is 2.54. The van der Waals surface area contributed by atoms with Gasteiger partial charge in [0, 0.05) is 61.1 Å². The van der Waals surface area contributed by atoms with Gasteiger partial charge in [-0.15, -0.1) is 24.0 Å². The molecule has 1 aromatic carbocycles. The van der Waals surface area contributed by atoms with Crippen LogP contribution in [0.25, 0.3) is 0 Å². The van der Waals surface area contributed by atoms with E-state index in [2.05, 4.69) is 15.6 Å². The van der Waals surface area contributed by atoms with Crippen molar-refractivity contribution in [3.8, 4) is 0 Å². The predicted molar refractivity (Wildman–Crippen MR) is 127 cm³/mol. The maximum atomic E-state index is 12.2. The fourth-order valence-corrected chi connectivity index (χ4v) is 3.82. The maximum absolute atomic E-state index is 12.2. The Bertz CT molecular complexity index is 569. The zero-order valence-corrected chi connectivity index (χ0v) is 19.9. The van der Waals surface area contributed by atoms with Crippen LogP contribution < -0.4 is 10.6 Å². The fraction of sp³-hybridized carbons (Fsp3) is 0.650. The van der Waals surface area contributed by atoms with Gasteiger partial charge >= 0.3 is 0 Å². The molecule has 0 amide bonds. The Morgan fingerprint density at radius 1 is 1.32 bits per heavy atom. The molecule has 0 radical (unpaired) electrons. The Kier molecular flexibility index (Phi) is 14.6. The molecular weight excluding hydrogens is 489 g/mol. The first kappa shape index (κ1) is 25.3. The molecule has 1 saturated heterocycles. The second-order valence-electron chi connectivity index (χ2n) is 6.62. The number of rotatable bonds is 12. The number of hydrogen-bond acceptors (Lipinski definition) is 4. The first-order valence-electron chi connectivity index (χ1n) is 9.84. The van der Waals surface area contributed by atoms with Crippen LogP contribution in [0.15, 0.2) is 35.3 Å². The standard InChI is InChI=1S/C20H33N3O3S.HI/c1-2-21-20(22-10-6-12-25-15-19-9-13-26-16-19)23-11-14-27(24)17-18-7-4-3-5-8-18;/h3-5,7-8,19H,2,6,9-17H2,1H3,(H2,21,22,23);1H. The third-order valence-electron chi connectivity index (χ3n) is 4.23. The van der Waals surface area contributed by atoms with Crippen LogP contribution in [0.2, 0.25) is 0 Å². The van der Waals surface area contributed by atoms with E-state index in [1.165, 1.54) is 0 Å². The van der Waals surface area contributed by atoms with Gasteiger partial charge in [0.1, 0.15) is 0 Å². The first-order valence-corrected chi connectivity index (χ1v) is 11.3. The molecule has 0 saturated carbocycles. The average Bonchev–Trinajstić information content (AvgIpc) is 3.18. The van der Waals surface area contributed by atoms with Crippen LogP contribution >= 0.6 is 24.0 Å². The number of nitrogens with zero attached hydrogens (tertiary/aromatic N) is 1. The number of aliphatic imine (C=N–C) groups is 1. The van der Waals surface area contributed by atoms with Gasteiger partial charge in [-0.3, -0.25) is 9.20 Å². The Morgan fingerprint density at radius 2 is 2.14 bits per heavy atom. The fourth-order valence-electron chi connectivity index (χ4n) is 2.78. The van der Waals surface area contributed by atoms with Gasteiger partial charge in [-0.1, -0.05) is 30.3 Å². The monoisotopic (exact) mass is 523 g/mol. The van der Waals surface area contributed by atoms with Crippen molar-refractivity contribution in [3.05, 3.63) is 35.9 Å². The lowest BCUT2D eigenvalue weighted by atomic mass is 10.1. The van der Waals surface area contributed by atoms with E-state index in [0.29, 0.717) is 30.5 Å². The number of halogens is 1. The summed E-state index contributed by atoms with van der Waals surface area (Å²) in [6.07, 6.45) is 2.00. The number of guanidine groups is 1. The molecular formula is C20H34IN3O3S. The molecule has 28 heavy (non-hydrogen) atoms. The van der Waals surface area contributed by atoms with Gasteiger partial charge in [0.2, 0.25) is 0 Å². The van der Waals surface area contributed by atoms with Gasteiger partial charge in [0.15, 0.2) is 5.96 Å². The number of hydrogen-bond donors (Lipinski definition) is 2. The summed E-state index contributed by atoms with van der Waals surface area (Å²) < 4.78 is 23.2. The van der Waals surface area contributed by atoms with Gasteiger partial charge in [0.25, 0.3) is 0 Å². The molecule has 0 aliphatic carbocycles. The lowest BCUT2D eigenvalue weighted by molar-refractivity contribution is 0.0893. The lowest BCUT2D eigenvalue weighted by Crippen LogP contribution is -2.39. The van der Waals surface area contributed by atoms with E-state index < -0.39 is 10.8 Å². The Balaban J connectivity index is 0.00000392. The Labute approximate surface area is 188 Å². The van der Waals surface area contributed by atoms with E-state index in [4.69, 9.17) is 9.47 Å². The van der Waals surface area contributed by atoms with Crippen molar-refractivity contribution in [1.29, 1.82) is 0 Å². The minimum Gasteiger partial charge on any atom is -0.381 e. The van der Waals surface area contributed by atoms with Crippen molar-refractivity contribution in [2.75, 3.05) is 51.8 Å². The van der Waals surface area contributed by atoms with E-state index in [9.17, 15) is 4.21 Å². The highest BCUT2D eigenvalue weighted by Crippen LogP contribution is 2.12. The molecule has 6 nitrogen and oxygen atoms in total. The molecule has 8 heteroatoms. The van der Waals surface area contributed by atoms with E-state index in [-0.39, 0.29) is 24.0 Å². The molecule has 0 bridgehead atoms. The molecule has 1 heterocycles. The van der Waals surface area contributed by atoms with Crippen molar-refractivity contribution >= 4 is 40.7 Å². The highest BCUT2D eigenvalue weighted by Gasteiger charge is 2.15. The zero-order chi connectivity index (χ0) is 19.2. The Hall–Kier alpha value is -0.710. The van der Waals surface area contributed by atoms with Gasteiger partial charge in [-0.05, 0) is 25.3 Å². The van der Waals surface area contributed by atoms with Crippen LogP contribution in [0.1, 0.15) is 25.3 Å². The summed E-state index contributed by atoms with van der Waals surface area (Å²) in [4.78, 5) is 4.55. The summed E-state index contributed by atoms with van der Waals surface area (Å²) >= 11 is 0. The normalized spacial score (nSPS) is 17.8. The summed E-state index contributed by atoms with van der Waals surface area (Å²) in [6, 6.07) is 9.95. The van der Waals surface area contributed by atoms with E-state index in [0.717, 1.165) is 57.3 Å². The lowest BCUT2D eigenvalue weighted by Gasteiger charge is -2.11. The van der Waals surface area contributed by atoms with Crippen molar-refractivity contribution in [3.63, 3.8) is 0 Å². The second-order valence-corrected chi connectivity index (χ2v) is 8.20. The van der Waals surface area contributed by atoms with Gasteiger partial charge < -0.3 is 20.1 Å². The summed E-state index contributed by atoms with van der Waals surface area (Å²) in [6.45, 7) is 7.40. The highest BCUT2D eigenvalue weighted by atomic mass is 127. The highest BCUT2D eigenvalue weighted by molar-refractivity contribution is 14.0. The molecule has 0 spiro atoms. The van der Waals surface area contributed by atoms with Crippen molar-refractivity contribution in [2.45, 2.75) is 25.5 Å². The first-order chi connectivity index (χ1) is 13.3. The molecule has 1 aliphatic rings. The van der Waals surface area contributed by atoms with Crippen LogP contribution in [0, 0.1) is 5.92 Å². The van der Waals surface area contributed by atoms with Crippen molar-refractivity contribution in [2.24, 2.45) is 10.9 Å². The minimum atomic E-state index is -0.878. The molecule has 2 atom stereocenters. The largest absolute Gasteiger partial charge is 0.381 e. The SMILES string of the molecule is CCNC(=NCCCOCC1CCOC1)NCCS(=O)Cc1ccccc1.I. The van der Waals surface area contributed by atoms with Crippen molar-refractivity contribution in [1.82, 2.24) is 10.6 Å². The smallest absolute Gasteiger partial charge is 0.191 e. The van der Waals surface area contributed by atoms with E-state index >= 15 is 0 Å². The molecule has 160 valence electrons. The van der Waals surface area contributed by atoms with E-state index in [1.54, 1.807) is 0 Å². The molecule has 1 aromatic rings. The summed E-state index contributed by atoms with van der Waals surface area (Å²) in [5.41, 5.74) is 1.11. The number of benzene rings is 1. The number of nitrogens with one attached hydrogen (secondary N) is 2. The van der Waals surface area contributed by atoms with Crippen LogP contribution in [-0.2, 0) is 26.0 Å². The van der Waals surface area contributed by atoms with Gasteiger partial charge in [-0.2, -0.15) is 0 Å². The van der Waals surface area contributed by atoms with E-state index in [1.807, 2.05) is 37.3 Å². The quantitative estimate of drug-likeness (QED) is 0.191. The third kappa shape index (κ3) is 11.3. The van der Waals surface area contributed by atoms with Crippen LogP contribution in [0.5, 0.6) is 0 Å². The zero-order valence-electron chi connectivity index (χ0n) is 16.7. The van der Waals surface area contributed by atoms with Crippen LogP contribution in [-0.4, -0.2) is 62.0 Å². The topological polar surface area (TPSA) is 72.0 Å².